The Hall–Kier alpha value is -1.79. The van der Waals surface area contributed by atoms with E-state index in [2.05, 4.69) is 25.7 Å². The van der Waals surface area contributed by atoms with Crippen molar-refractivity contribution in [3.63, 3.8) is 0 Å². The number of aliphatic hydroxyl groups is 1. The van der Waals surface area contributed by atoms with Gasteiger partial charge in [-0.05, 0) is 51.3 Å². The lowest BCUT2D eigenvalue weighted by Gasteiger charge is -2.32. The lowest BCUT2D eigenvalue weighted by molar-refractivity contribution is 0.0651. The zero-order valence-corrected chi connectivity index (χ0v) is 12.4. The van der Waals surface area contributed by atoms with Crippen LogP contribution >= 0.6 is 0 Å². The minimum atomic E-state index is -0.170. The summed E-state index contributed by atoms with van der Waals surface area (Å²) in [5.74, 6) is 5.62. The second-order valence-electron chi connectivity index (χ2n) is 5.81. The molecule has 0 aromatic heterocycles. The Bertz CT molecular complexity index is 578. The van der Waals surface area contributed by atoms with Crippen LogP contribution < -0.4 is 0 Å². The van der Waals surface area contributed by atoms with Crippen molar-refractivity contribution >= 4 is 5.91 Å². The molecule has 0 aliphatic carbocycles. The maximum absolute atomic E-state index is 12.7. The first kappa shape index (κ1) is 14.6. The van der Waals surface area contributed by atoms with Crippen molar-refractivity contribution in [2.45, 2.75) is 39.2 Å². The van der Waals surface area contributed by atoms with Crippen LogP contribution in [0.25, 0.3) is 0 Å². The lowest BCUT2D eigenvalue weighted by atomic mass is 9.98. The number of likely N-dealkylation sites (tertiary alicyclic amines) is 1. The fourth-order valence-corrected chi connectivity index (χ4v) is 2.77. The molecule has 1 fully saturated rings. The van der Waals surface area contributed by atoms with Crippen molar-refractivity contribution < 1.29 is 9.90 Å². The lowest BCUT2D eigenvalue weighted by Crippen LogP contribution is -2.42. The highest BCUT2D eigenvalue weighted by molar-refractivity contribution is 5.96. The maximum atomic E-state index is 12.7. The predicted octanol–water partition coefficient (Wildman–Crippen LogP) is 2.35. The zero-order chi connectivity index (χ0) is 14.8. The molecule has 2 rings (SSSR count). The maximum Gasteiger partial charge on any atom is 0.254 e. The molecule has 0 saturated carbocycles. The van der Waals surface area contributed by atoms with Crippen molar-refractivity contribution in [3.05, 3.63) is 34.9 Å². The number of carbonyl (C=O) groups is 1. The van der Waals surface area contributed by atoms with Crippen molar-refractivity contribution in [2.24, 2.45) is 0 Å². The third-order valence-corrected chi connectivity index (χ3v) is 4.01. The molecule has 0 bridgehead atoms. The Morgan fingerprint density at radius 3 is 2.80 bits per heavy atom. The summed E-state index contributed by atoms with van der Waals surface area (Å²) in [6.45, 7) is 6.79. The van der Waals surface area contributed by atoms with E-state index in [1.54, 1.807) is 0 Å². The Balaban J connectivity index is 2.36. The van der Waals surface area contributed by atoms with Gasteiger partial charge in [0.2, 0.25) is 0 Å². The highest BCUT2D eigenvalue weighted by Gasteiger charge is 2.36. The summed E-state index contributed by atoms with van der Waals surface area (Å²) in [5, 5.41) is 8.79. The molecule has 106 valence electrons. The van der Waals surface area contributed by atoms with E-state index in [-0.39, 0.29) is 18.1 Å². The Morgan fingerprint density at radius 2 is 2.20 bits per heavy atom. The van der Waals surface area contributed by atoms with Gasteiger partial charge in [0, 0.05) is 23.2 Å². The molecule has 1 N–H and O–H groups in total. The second-order valence-corrected chi connectivity index (χ2v) is 5.81. The second kappa shape index (κ2) is 5.68. The minimum absolute atomic E-state index is 0.0731. The van der Waals surface area contributed by atoms with E-state index in [9.17, 15) is 4.79 Å². The van der Waals surface area contributed by atoms with E-state index in [4.69, 9.17) is 5.11 Å². The fraction of sp³-hybridized carbons (Fsp3) is 0.471. The molecular formula is C17H21NO2. The van der Waals surface area contributed by atoms with Gasteiger partial charge in [-0.1, -0.05) is 17.9 Å². The van der Waals surface area contributed by atoms with Crippen LogP contribution in [0.3, 0.4) is 0 Å². The summed E-state index contributed by atoms with van der Waals surface area (Å²) in [4.78, 5) is 14.7. The van der Waals surface area contributed by atoms with Gasteiger partial charge in [-0.25, -0.2) is 0 Å². The van der Waals surface area contributed by atoms with Crippen LogP contribution in [0.1, 0.15) is 48.2 Å². The molecule has 0 spiro atoms. The van der Waals surface area contributed by atoms with Crippen molar-refractivity contribution in [2.75, 3.05) is 13.2 Å². The summed E-state index contributed by atoms with van der Waals surface area (Å²) in [5.41, 5.74) is 2.34. The number of rotatable bonds is 1. The molecule has 1 aliphatic rings. The number of hydrogen-bond donors (Lipinski definition) is 1. The summed E-state index contributed by atoms with van der Waals surface area (Å²) in [7, 11) is 0. The van der Waals surface area contributed by atoms with Crippen LogP contribution in [-0.4, -0.2) is 34.6 Å². The number of nitrogens with zero attached hydrogens (tertiary/aromatic N) is 1. The molecule has 0 unspecified atom stereocenters. The molecule has 3 nitrogen and oxygen atoms in total. The smallest absolute Gasteiger partial charge is 0.254 e. The third-order valence-electron chi connectivity index (χ3n) is 4.01. The zero-order valence-electron chi connectivity index (χ0n) is 12.4. The first-order valence-corrected chi connectivity index (χ1v) is 6.98. The average Bonchev–Trinajstić information content (AvgIpc) is 2.76. The van der Waals surface area contributed by atoms with Crippen LogP contribution in [-0.2, 0) is 0 Å². The highest BCUT2D eigenvalue weighted by atomic mass is 16.2. The van der Waals surface area contributed by atoms with Crippen LogP contribution in [0.2, 0.25) is 0 Å². The first-order chi connectivity index (χ1) is 9.47. The number of benzene rings is 1. The number of aliphatic hydroxyl groups excluding tert-OH is 1. The van der Waals surface area contributed by atoms with Gasteiger partial charge >= 0.3 is 0 Å². The number of amides is 1. The van der Waals surface area contributed by atoms with Gasteiger partial charge in [0.25, 0.3) is 5.91 Å². The highest BCUT2D eigenvalue weighted by Crippen LogP contribution is 2.30. The van der Waals surface area contributed by atoms with E-state index in [1.165, 1.54) is 0 Å². The molecule has 1 amide bonds. The molecule has 1 aliphatic heterocycles. The summed E-state index contributed by atoms with van der Waals surface area (Å²) in [6.07, 6.45) is 2.10. The molecule has 1 aromatic rings. The molecule has 3 heteroatoms. The fourth-order valence-electron chi connectivity index (χ4n) is 2.77. The molecular weight excluding hydrogens is 250 g/mol. The van der Waals surface area contributed by atoms with Crippen molar-refractivity contribution in [1.82, 2.24) is 4.90 Å². The standard InChI is InChI=1S/C17H21NO2/c1-13-14(8-5-12-19)7-4-9-15(13)16(20)18-11-6-10-17(18,2)3/h4,7,9,19H,6,10-12H2,1-3H3. The Kier molecular flexibility index (Phi) is 4.15. The Labute approximate surface area is 120 Å². The van der Waals surface area contributed by atoms with Gasteiger partial charge in [0.15, 0.2) is 0 Å². The van der Waals surface area contributed by atoms with Crippen LogP contribution in [0, 0.1) is 18.8 Å². The van der Waals surface area contributed by atoms with Crippen molar-refractivity contribution in [3.8, 4) is 11.8 Å². The average molecular weight is 271 g/mol. The van der Waals surface area contributed by atoms with E-state index in [0.29, 0.717) is 5.56 Å². The quantitative estimate of drug-likeness (QED) is 0.797. The van der Waals surface area contributed by atoms with Gasteiger partial charge in [-0.3, -0.25) is 4.79 Å². The monoisotopic (exact) mass is 271 g/mol. The largest absolute Gasteiger partial charge is 0.384 e. The normalized spacial score (nSPS) is 16.7. The number of carbonyl (C=O) groups excluding carboxylic acids is 1. The topological polar surface area (TPSA) is 40.5 Å². The van der Waals surface area contributed by atoms with Crippen LogP contribution in [0.4, 0.5) is 0 Å². The SMILES string of the molecule is Cc1c(C#CCO)cccc1C(=O)N1CCCC1(C)C. The molecule has 1 saturated heterocycles. The van der Waals surface area contributed by atoms with E-state index >= 15 is 0 Å². The van der Waals surface area contributed by atoms with Gasteiger partial charge in [0.05, 0.1) is 0 Å². The summed E-state index contributed by atoms with van der Waals surface area (Å²) in [6, 6.07) is 5.59. The Morgan fingerprint density at radius 1 is 1.45 bits per heavy atom. The van der Waals surface area contributed by atoms with E-state index in [1.807, 2.05) is 30.0 Å². The van der Waals surface area contributed by atoms with E-state index in [0.717, 1.165) is 30.5 Å². The van der Waals surface area contributed by atoms with Crippen molar-refractivity contribution in [1.29, 1.82) is 0 Å². The first-order valence-electron chi connectivity index (χ1n) is 6.98. The molecule has 20 heavy (non-hydrogen) atoms. The van der Waals surface area contributed by atoms with Crippen LogP contribution in [0.15, 0.2) is 18.2 Å². The van der Waals surface area contributed by atoms with Crippen LogP contribution in [0.5, 0.6) is 0 Å². The van der Waals surface area contributed by atoms with E-state index < -0.39 is 0 Å². The summed E-state index contributed by atoms with van der Waals surface area (Å²) >= 11 is 0. The molecule has 1 aromatic carbocycles. The summed E-state index contributed by atoms with van der Waals surface area (Å²) < 4.78 is 0. The van der Waals surface area contributed by atoms with Gasteiger partial charge < -0.3 is 10.0 Å². The molecule has 0 radical (unpaired) electrons. The van der Waals surface area contributed by atoms with Gasteiger partial charge in [0.1, 0.15) is 6.61 Å². The van der Waals surface area contributed by atoms with Gasteiger partial charge in [-0.15, -0.1) is 0 Å². The van der Waals surface area contributed by atoms with Gasteiger partial charge in [-0.2, -0.15) is 0 Å². The number of hydrogen-bond acceptors (Lipinski definition) is 2. The molecule has 1 heterocycles. The predicted molar refractivity (Wildman–Crippen MR) is 79.5 cm³/mol. The molecule has 0 atom stereocenters. The third kappa shape index (κ3) is 2.71. The minimum Gasteiger partial charge on any atom is -0.384 e.